The number of rotatable bonds is 6. The molecule has 0 fully saturated rings. The molecule has 0 aliphatic carbocycles. The van der Waals surface area contributed by atoms with Crippen LogP contribution in [0.1, 0.15) is 30.6 Å². The fourth-order valence-electron chi connectivity index (χ4n) is 1.54. The zero-order valence-electron chi connectivity index (χ0n) is 11.6. The summed E-state index contributed by atoms with van der Waals surface area (Å²) < 4.78 is 5.06. The molecule has 20 heavy (non-hydrogen) atoms. The van der Waals surface area contributed by atoms with Gasteiger partial charge in [0, 0.05) is 16.9 Å². The van der Waals surface area contributed by atoms with E-state index in [0.29, 0.717) is 5.33 Å². The molecular formula is C13H17BrN2O4. The number of amides is 1. The largest absolute Gasteiger partial charge is 0.496 e. The van der Waals surface area contributed by atoms with Gasteiger partial charge in [0.1, 0.15) is 5.75 Å². The number of carbonyl (C=O) groups excluding carboxylic acids is 1. The predicted octanol–water partition coefficient (Wildman–Crippen LogP) is 2.90. The third kappa shape index (κ3) is 3.69. The first-order valence-corrected chi connectivity index (χ1v) is 7.20. The molecule has 1 unspecified atom stereocenters. The van der Waals surface area contributed by atoms with E-state index < -0.39 is 4.92 Å². The molecule has 1 N–H and O–H groups in total. The SMILES string of the molecule is CCC(C)(CBr)NC(=O)c1ccc([N+](=O)[O-])cc1OC. The highest BCUT2D eigenvalue weighted by Gasteiger charge is 2.25. The van der Waals surface area contributed by atoms with Crippen LogP contribution in [0.5, 0.6) is 5.75 Å². The van der Waals surface area contributed by atoms with Crippen LogP contribution in [0.4, 0.5) is 5.69 Å². The van der Waals surface area contributed by atoms with E-state index in [1.165, 1.54) is 25.3 Å². The van der Waals surface area contributed by atoms with Crippen LogP contribution in [0.2, 0.25) is 0 Å². The summed E-state index contributed by atoms with van der Waals surface area (Å²) in [6.45, 7) is 3.88. The quantitative estimate of drug-likeness (QED) is 0.488. The van der Waals surface area contributed by atoms with E-state index in [-0.39, 0.29) is 28.4 Å². The Morgan fingerprint density at radius 3 is 2.65 bits per heavy atom. The van der Waals surface area contributed by atoms with Gasteiger partial charge in [0.25, 0.3) is 11.6 Å². The second-order valence-corrected chi connectivity index (χ2v) is 5.20. The van der Waals surface area contributed by atoms with Crippen molar-refractivity contribution in [2.45, 2.75) is 25.8 Å². The number of ether oxygens (including phenoxy) is 1. The number of alkyl halides is 1. The molecule has 110 valence electrons. The topological polar surface area (TPSA) is 81.5 Å². The number of carbonyl (C=O) groups is 1. The Bertz CT molecular complexity index is 515. The zero-order valence-corrected chi connectivity index (χ0v) is 13.2. The molecule has 0 aliphatic rings. The van der Waals surface area contributed by atoms with Gasteiger partial charge in [-0.15, -0.1) is 0 Å². The Kier molecular flexibility index (Phi) is 5.50. The molecule has 0 heterocycles. The molecule has 0 aromatic heterocycles. The van der Waals surface area contributed by atoms with Crippen LogP contribution < -0.4 is 10.1 Å². The summed E-state index contributed by atoms with van der Waals surface area (Å²) in [5.41, 5.74) is -0.222. The Morgan fingerprint density at radius 1 is 1.55 bits per heavy atom. The van der Waals surface area contributed by atoms with Gasteiger partial charge in [-0.3, -0.25) is 14.9 Å². The van der Waals surface area contributed by atoms with Gasteiger partial charge in [0.05, 0.1) is 23.7 Å². The summed E-state index contributed by atoms with van der Waals surface area (Å²) in [7, 11) is 1.37. The predicted molar refractivity (Wildman–Crippen MR) is 79.6 cm³/mol. The Hall–Kier alpha value is -1.63. The van der Waals surface area contributed by atoms with Gasteiger partial charge in [0.2, 0.25) is 0 Å². The number of nitrogens with one attached hydrogen (secondary N) is 1. The first-order valence-electron chi connectivity index (χ1n) is 6.07. The monoisotopic (exact) mass is 344 g/mol. The van der Waals surface area contributed by atoms with E-state index in [1.54, 1.807) is 0 Å². The fourth-order valence-corrected chi connectivity index (χ4v) is 2.08. The Balaban J connectivity index is 3.07. The summed E-state index contributed by atoms with van der Waals surface area (Å²) in [5, 5.41) is 14.2. The number of hydrogen-bond donors (Lipinski definition) is 1. The number of nitro groups is 1. The summed E-state index contributed by atoms with van der Waals surface area (Å²) in [6, 6.07) is 3.93. The van der Waals surface area contributed by atoms with Gasteiger partial charge in [-0.05, 0) is 19.4 Å². The lowest BCUT2D eigenvalue weighted by molar-refractivity contribution is -0.384. The lowest BCUT2D eigenvalue weighted by Gasteiger charge is -2.27. The molecule has 0 saturated heterocycles. The van der Waals surface area contributed by atoms with Crippen molar-refractivity contribution in [2.75, 3.05) is 12.4 Å². The third-order valence-electron chi connectivity index (χ3n) is 3.13. The average Bonchev–Trinajstić information content (AvgIpc) is 2.46. The molecule has 1 amide bonds. The van der Waals surface area contributed by atoms with Crippen LogP contribution in [0.15, 0.2) is 18.2 Å². The molecular weight excluding hydrogens is 328 g/mol. The standard InChI is InChI=1S/C13H17BrN2O4/c1-4-13(2,8-14)15-12(17)10-6-5-9(16(18)19)7-11(10)20-3/h5-7H,4,8H2,1-3H3,(H,15,17). The highest BCUT2D eigenvalue weighted by atomic mass is 79.9. The van der Waals surface area contributed by atoms with Gasteiger partial charge in [-0.2, -0.15) is 0 Å². The van der Waals surface area contributed by atoms with Crippen molar-refractivity contribution in [1.82, 2.24) is 5.32 Å². The van der Waals surface area contributed by atoms with Crippen LogP contribution >= 0.6 is 15.9 Å². The summed E-state index contributed by atoms with van der Waals surface area (Å²) in [5.74, 6) is -0.134. The molecule has 0 aliphatic heterocycles. The first-order chi connectivity index (χ1) is 9.36. The third-order valence-corrected chi connectivity index (χ3v) is 4.37. The van der Waals surface area contributed by atoms with Crippen molar-refractivity contribution in [3.05, 3.63) is 33.9 Å². The molecule has 1 aromatic rings. The smallest absolute Gasteiger partial charge is 0.273 e. The van der Waals surface area contributed by atoms with Crippen molar-refractivity contribution >= 4 is 27.5 Å². The molecule has 0 saturated carbocycles. The van der Waals surface area contributed by atoms with Gasteiger partial charge in [0.15, 0.2) is 0 Å². The van der Waals surface area contributed by atoms with Crippen LogP contribution in [-0.4, -0.2) is 28.8 Å². The van der Waals surface area contributed by atoms with Crippen LogP contribution in [-0.2, 0) is 0 Å². The van der Waals surface area contributed by atoms with E-state index in [2.05, 4.69) is 21.2 Å². The highest BCUT2D eigenvalue weighted by molar-refractivity contribution is 9.09. The normalized spacial score (nSPS) is 13.4. The molecule has 1 aromatic carbocycles. The maximum Gasteiger partial charge on any atom is 0.273 e. The van der Waals surface area contributed by atoms with Crippen molar-refractivity contribution in [3.8, 4) is 5.75 Å². The minimum Gasteiger partial charge on any atom is -0.496 e. The van der Waals surface area contributed by atoms with E-state index in [0.717, 1.165) is 6.42 Å². The maximum atomic E-state index is 12.3. The molecule has 0 spiro atoms. The van der Waals surface area contributed by atoms with Gasteiger partial charge < -0.3 is 10.1 Å². The van der Waals surface area contributed by atoms with Gasteiger partial charge in [-0.25, -0.2) is 0 Å². The number of methoxy groups -OCH3 is 1. The minimum atomic E-state index is -0.529. The fraction of sp³-hybridized carbons (Fsp3) is 0.462. The van der Waals surface area contributed by atoms with Crippen LogP contribution in [0.3, 0.4) is 0 Å². The molecule has 0 radical (unpaired) electrons. The minimum absolute atomic E-state index is 0.114. The molecule has 0 bridgehead atoms. The van der Waals surface area contributed by atoms with Crippen molar-refractivity contribution < 1.29 is 14.5 Å². The van der Waals surface area contributed by atoms with Crippen molar-refractivity contribution in [2.24, 2.45) is 0 Å². The lowest BCUT2D eigenvalue weighted by Crippen LogP contribution is -2.47. The zero-order chi connectivity index (χ0) is 15.3. The lowest BCUT2D eigenvalue weighted by atomic mass is 10.0. The Morgan fingerprint density at radius 2 is 2.20 bits per heavy atom. The van der Waals surface area contributed by atoms with E-state index in [9.17, 15) is 14.9 Å². The van der Waals surface area contributed by atoms with Crippen molar-refractivity contribution in [1.29, 1.82) is 0 Å². The number of non-ortho nitro benzene ring substituents is 1. The number of nitro benzene ring substituents is 1. The molecule has 1 atom stereocenters. The second kappa shape index (κ2) is 6.69. The van der Waals surface area contributed by atoms with Crippen LogP contribution in [0.25, 0.3) is 0 Å². The first kappa shape index (κ1) is 16.4. The van der Waals surface area contributed by atoms with Crippen molar-refractivity contribution in [3.63, 3.8) is 0 Å². The summed E-state index contributed by atoms with van der Waals surface area (Å²) >= 11 is 3.36. The number of benzene rings is 1. The average molecular weight is 345 g/mol. The summed E-state index contributed by atoms with van der Waals surface area (Å²) in [4.78, 5) is 22.4. The second-order valence-electron chi connectivity index (χ2n) is 4.64. The summed E-state index contributed by atoms with van der Waals surface area (Å²) in [6.07, 6.45) is 0.749. The number of nitrogens with zero attached hydrogens (tertiary/aromatic N) is 1. The number of hydrogen-bond acceptors (Lipinski definition) is 4. The molecule has 6 nitrogen and oxygen atoms in total. The maximum absolute atomic E-state index is 12.3. The Labute approximate surface area is 125 Å². The van der Waals surface area contributed by atoms with Gasteiger partial charge >= 0.3 is 0 Å². The molecule has 1 rings (SSSR count). The molecule has 7 heteroatoms. The van der Waals surface area contributed by atoms with Crippen LogP contribution in [0, 0.1) is 10.1 Å². The van der Waals surface area contributed by atoms with E-state index >= 15 is 0 Å². The van der Waals surface area contributed by atoms with E-state index in [4.69, 9.17) is 4.74 Å². The van der Waals surface area contributed by atoms with Gasteiger partial charge in [-0.1, -0.05) is 22.9 Å². The number of halogens is 1. The van der Waals surface area contributed by atoms with E-state index in [1.807, 2.05) is 13.8 Å². The highest BCUT2D eigenvalue weighted by Crippen LogP contribution is 2.25.